The summed E-state index contributed by atoms with van der Waals surface area (Å²) in [4.78, 5) is 6.59. The van der Waals surface area contributed by atoms with E-state index in [1.165, 1.54) is 10.6 Å². The van der Waals surface area contributed by atoms with Gasteiger partial charge in [-0.1, -0.05) is 12.1 Å². The third-order valence-electron chi connectivity index (χ3n) is 3.50. The Balaban J connectivity index is 1.65. The van der Waals surface area contributed by atoms with Crippen LogP contribution in [-0.2, 0) is 16.6 Å². The second-order valence-corrected chi connectivity index (χ2v) is 7.00. The van der Waals surface area contributed by atoms with Gasteiger partial charge in [-0.25, -0.2) is 13.4 Å². The Morgan fingerprint density at radius 2 is 1.90 bits per heavy atom. The Hall–Kier alpha value is -1.44. The van der Waals surface area contributed by atoms with Crippen LogP contribution in [0.2, 0.25) is 0 Å². The van der Waals surface area contributed by atoms with Gasteiger partial charge in [0.25, 0.3) is 0 Å². The van der Waals surface area contributed by atoms with Crippen molar-refractivity contribution in [3.05, 3.63) is 30.2 Å². The Bertz CT molecular complexity index is 669. The minimum atomic E-state index is -3.08. The standard InChI is InChI=1S/C13H17N3O3S/c1-20(17,18)16-8-6-15(7-9-16)10-13-14-11-4-2-3-5-12(11)19-13/h2-5H,6-10H2,1H3. The average molecular weight is 295 g/mol. The number of rotatable bonds is 3. The lowest BCUT2D eigenvalue weighted by molar-refractivity contribution is 0.170. The van der Waals surface area contributed by atoms with Crippen LogP contribution < -0.4 is 0 Å². The predicted molar refractivity (Wildman–Crippen MR) is 75.7 cm³/mol. The van der Waals surface area contributed by atoms with Gasteiger partial charge < -0.3 is 4.42 Å². The van der Waals surface area contributed by atoms with Gasteiger partial charge in [0.2, 0.25) is 15.9 Å². The third kappa shape index (κ3) is 2.84. The molecule has 1 aliphatic heterocycles. The van der Waals surface area contributed by atoms with Gasteiger partial charge in [-0.3, -0.25) is 4.90 Å². The van der Waals surface area contributed by atoms with E-state index in [1.54, 1.807) is 0 Å². The molecular weight excluding hydrogens is 278 g/mol. The second kappa shape index (κ2) is 5.16. The average Bonchev–Trinajstić information content (AvgIpc) is 2.80. The summed E-state index contributed by atoms with van der Waals surface area (Å²) in [5, 5.41) is 0. The largest absolute Gasteiger partial charge is 0.439 e. The number of hydrogen-bond donors (Lipinski definition) is 0. The van der Waals surface area contributed by atoms with Crippen LogP contribution in [0.4, 0.5) is 0 Å². The molecule has 3 rings (SSSR count). The number of piperazine rings is 1. The van der Waals surface area contributed by atoms with E-state index in [0.717, 1.165) is 11.1 Å². The number of nitrogens with zero attached hydrogens (tertiary/aromatic N) is 3. The van der Waals surface area contributed by atoms with E-state index in [0.29, 0.717) is 38.6 Å². The zero-order chi connectivity index (χ0) is 14.2. The van der Waals surface area contributed by atoms with Gasteiger partial charge in [0.05, 0.1) is 12.8 Å². The zero-order valence-electron chi connectivity index (χ0n) is 11.3. The van der Waals surface area contributed by atoms with Gasteiger partial charge in [-0.15, -0.1) is 0 Å². The molecule has 1 fully saturated rings. The normalized spacial score (nSPS) is 18.6. The van der Waals surface area contributed by atoms with Gasteiger partial charge in [0.1, 0.15) is 5.52 Å². The molecule has 0 aliphatic carbocycles. The molecule has 0 atom stereocenters. The molecule has 0 unspecified atom stereocenters. The van der Waals surface area contributed by atoms with Gasteiger partial charge in [-0.2, -0.15) is 4.31 Å². The molecule has 1 aromatic carbocycles. The van der Waals surface area contributed by atoms with E-state index in [-0.39, 0.29) is 0 Å². The molecule has 1 aliphatic rings. The maximum atomic E-state index is 11.4. The van der Waals surface area contributed by atoms with E-state index < -0.39 is 10.0 Å². The number of fused-ring (bicyclic) bond motifs is 1. The molecule has 6 nitrogen and oxygen atoms in total. The van der Waals surface area contributed by atoms with E-state index in [1.807, 2.05) is 24.3 Å². The molecule has 1 aromatic heterocycles. The molecule has 0 radical (unpaired) electrons. The molecular formula is C13H17N3O3S. The van der Waals surface area contributed by atoms with Crippen molar-refractivity contribution in [1.29, 1.82) is 0 Å². The van der Waals surface area contributed by atoms with Crippen molar-refractivity contribution in [2.75, 3.05) is 32.4 Å². The molecule has 0 N–H and O–H groups in total. The smallest absolute Gasteiger partial charge is 0.211 e. The lowest BCUT2D eigenvalue weighted by Crippen LogP contribution is -2.47. The van der Waals surface area contributed by atoms with Crippen molar-refractivity contribution >= 4 is 21.1 Å². The Labute approximate surface area is 118 Å². The Morgan fingerprint density at radius 1 is 1.20 bits per heavy atom. The fourth-order valence-corrected chi connectivity index (χ4v) is 3.22. The number of aromatic nitrogens is 1. The molecule has 20 heavy (non-hydrogen) atoms. The number of benzene rings is 1. The van der Waals surface area contributed by atoms with Gasteiger partial charge >= 0.3 is 0 Å². The van der Waals surface area contributed by atoms with Crippen molar-refractivity contribution in [3.8, 4) is 0 Å². The second-order valence-electron chi connectivity index (χ2n) is 5.01. The van der Waals surface area contributed by atoms with Crippen molar-refractivity contribution in [2.24, 2.45) is 0 Å². The van der Waals surface area contributed by atoms with E-state index in [9.17, 15) is 8.42 Å². The van der Waals surface area contributed by atoms with E-state index in [2.05, 4.69) is 9.88 Å². The zero-order valence-corrected chi connectivity index (χ0v) is 12.1. The SMILES string of the molecule is CS(=O)(=O)N1CCN(Cc2nc3ccccc3o2)CC1. The van der Waals surface area contributed by atoms with Crippen LogP contribution in [-0.4, -0.2) is 55.0 Å². The molecule has 0 spiro atoms. The first kappa shape index (κ1) is 13.5. The van der Waals surface area contributed by atoms with Crippen LogP contribution in [0.1, 0.15) is 5.89 Å². The summed E-state index contributed by atoms with van der Waals surface area (Å²) < 4.78 is 30.1. The summed E-state index contributed by atoms with van der Waals surface area (Å²) in [5.74, 6) is 0.680. The Morgan fingerprint density at radius 3 is 2.55 bits per heavy atom. The van der Waals surface area contributed by atoms with E-state index >= 15 is 0 Å². The van der Waals surface area contributed by atoms with Crippen molar-refractivity contribution in [1.82, 2.24) is 14.2 Å². The van der Waals surface area contributed by atoms with Crippen LogP contribution in [0.25, 0.3) is 11.1 Å². The molecule has 1 saturated heterocycles. The topological polar surface area (TPSA) is 66.7 Å². The highest BCUT2D eigenvalue weighted by Crippen LogP contribution is 2.17. The predicted octanol–water partition coefficient (Wildman–Crippen LogP) is 0.905. The summed E-state index contributed by atoms with van der Waals surface area (Å²) in [6.45, 7) is 3.07. The monoisotopic (exact) mass is 295 g/mol. The first-order chi connectivity index (χ1) is 9.52. The lowest BCUT2D eigenvalue weighted by Gasteiger charge is -2.32. The van der Waals surface area contributed by atoms with Crippen molar-refractivity contribution < 1.29 is 12.8 Å². The quantitative estimate of drug-likeness (QED) is 0.842. The van der Waals surface area contributed by atoms with E-state index in [4.69, 9.17) is 4.42 Å². The first-order valence-electron chi connectivity index (χ1n) is 6.54. The number of para-hydroxylation sites is 2. The van der Waals surface area contributed by atoms with Crippen LogP contribution in [0.15, 0.2) is 28.7 Å². The van der Waals surface area contributed by atoms with Gasteiger partial charge in [0.15, 0.2) is 5.58 Å². The summed E-state index contributed by atoms with van der Waals surface area (Å²) >= 11 is 0. The molecule has 2 aromatic rings. The molecule has 0 amide bonds. The van der Waals surface area contributed by atoms with Crippen molar-refractivity contribution in [3.63, 3.8) is 0 Å². The number of sulfonamides is 1. The summed E-state index contributed by atoms with van der Waals surface area (Å²) in [6.07, 6.45) is 1.25. The summed E-state index contributed by atoms with van der Waals surface area (Å²) in [6, 6.07) is 7.67. The fourth-order valence-electron chi connectivity index (χ4n) is 2.40. The highest BCUT2D eigenvalue weighted by atomic mass is 32.2. The fraction of sp³-hybridized carbons (Fsp3) is 0.462. The van der Waals surface area contributed by atoms with Gasteiger partial charge in [0, 0.05) is 26.2 Å². The highest BCUT2D eigenvalue weighted by molar-refractivity contribution is 7.88. The Kier molecular flexibility index (Phi) is 3.49. The minimum Gasteiger partial charge on any atom is -0.439 e. The summed E-state index contributed by atoms with van der Waals surface area (Å²) in [7, 11) is -3.08. The molecule has 7 heteroatoms. The highest BCUT2D eigenvalue weighted by Gasteiger charge is 2.24. The third-order valence-corrected chi connectivity index (χ3v) is 4.80. The maximum absolute atomic E-state index is 11.4. The lowest BCUT2D eigenvalue weighted by atomic mass is 10.3. The van der Waals surface area contributed by atoms with Crippen molar-refractivity contribution in [2.45, 2.75) is 6.54 Å². The van der Waals surface area contributed by atoms with Crippen LogP contribution in [0.5, 0.6) is 0 Å². The molecule has 0 bridgehead atoms. The van der Waals surface area contributed by atoms with Crippen LogP contribution in [0.3, 0.4) is 0 Å². The van der Waals surface area contributed by atoms with Gasteiger partial charge in [-0.05, 0) is 12.1 Å². The first-order valence-corrected chi connectivity index (χ1v) is 8.39. The number of hydrogen-bond acceptors (Lipinski definition) is 5. The molecule has 108 valence electrons. The number of oxazole rings is 1. The maximum Gasteiger partial charge on any atom is 0.211 e. The minimum absolute atomic E-state index is 0.527. The van der Waals surface area contributed by atoms with Crippen LogP contribution in [0, 0.1) is 0 Å². The van der Waals surface area contributed by atoms with Crippen LogP contribution >= 0.6 is 0 Å². The summed E-state index contributed by atoms with van der Waals surface area (Å²) in [5.41, 5.74) is 1.65. The molecule has 2 heterocycles. The molecule has 0 saturated carbocycles.